The van der Waals surface area contributed by atoms with Gasteiger partial charge in [-0.3, -0.25) is 9.88 Å². The molecule has 1 aromatic heterocycles. The third kappa shape index (κ3) is 2.11. The summed E-state index contributed by atoms with van der Waals surface area (Å²) >= 11 is 0. The number of aromatic nitrogens is 1. The Balaban J connectivity index is 1.88. The SMILES string of the molecule is COc1c(C)cnc(CC2(O)CCN3CCCC32)c1C. The van der Waals surface area contributed by atoms with Crippen LogP contribution >= 0.6 is 0 Å². The molecule has 4 heteroatoms. The summed E-state index contributed by atoms with van der Waals surface area (Å²) in [6, 6.07) is 0.316. The second kappa shape index (κ2) is 5.01. The van der Waals surface area contributed by atoms with E-state index < -0.39 is 5.60 Å². The second-order valence-corrected chi connectivity index (χ2v) is 6.27. The molecular weight excluding hydrogens is 252 g/mol. The molecule has 0 aliphatic carbocycles. The van der Waals surface area contributed by atoms with E-state index >= 15 is 0 Å². The van der Waals surface area contributed by atoms with Gasteiger partial charge >= 0.3 is 0 Å². The lowest BCUT2D eigenvalue weighted by molar-refractivity contribution is 0.0131. The van der Waals surface area contributed by atoms with Crippen molar-refractivity contribution < 1.29 is 9.84 Å². The van der Waals surface area contributed by atoms with E-state index in [0.717, 1.165) is 48.5 Å². The highest BCUT2D eigenvalue weighted by Crippen LogP contribution is 2.39. The van der Waals surface area contributed by atoms with Crippen LogP contribution in [0, 0.1) is 13.8 Å². The second-order valence-electron chi connectivity index (χ2n) is 6.27. The number of aliphatic hydroxyl groups is 1. The van der Waals surface area contributed by atoms with Crippen LogP contribution in [-0.4, -0.2) is 46.8 Å². The molecule has 2 atom stereocenters. The van der Waals surface area contributed by atoms with Gasteiger partial charge in [0.25, 0.3) is 0 Å². The Morgan fingerprint density at radius 2 is 2.25 bits per heavy atom. The van der Waals surface area contributed by atoms with Crippen LogP contribution in [-0.2, 0) is 6.42 Å². The van der Waals surface area contributed by atoms with Crippen LogP contribution in [0.5, 0.6) is 5.75 Å². The summed E-state index contributed by atoms with van der Waals surface area (Å²) in [6.45, 7) is 6.20. The molecule has 3 heterocycles. The molecule has 0 aromatic carbocycles. The van der Waals surface area contributed by atoms with Crippen molar-refractivity contribution in [3.05, 3.63) is 23.0 Å². The highest BCUT2D eigenvalue weighted by atomic mass is 16.5. The maximum Gasteiger partial charge on any atom is 0.128 e. The van der Waals surface area contributed by atoms with Gasteiger partial charge in [-0.2, -0.15) is 0 Å². The molecule has 2 aliphatic heterocycles. The van der Waals surface area contributed by atoms with Crippen molar-refractivity contribution in [3.8, 4) is 5.75 Å². The number of rotatable bonds is 3. The van der Waals surface area contributed by atoms with E-state index in [9.17, 15) is 5.11 Å². The van der Waals surface area contributed by atoms with E-state index in [2.05, 4.69) is 9.88 Å². The van der Waals surface area contributed by atoms with Gasteiger partial charge in [-0.05, 0) is 39.7 Å². The summed E-state index contributed by atoms with van der Waals surface area (Å²) in [5.41, 5.74) is 2.48. The van der Waals surface area contributed by atoms with Gasteiger partial charge in [0.05, 0.1) is 12.7 Å². The Morgan fingerprint density at radius 3 is 3.00 bits per heavy atom. The van der Waals surface area contributed by atoms with Crippen LogP contribution in [0.2, 0.25) is 0 Å². The zero-order valence-corrected chi connectivity index (χ0v) is 12.6. The molecule has 2 fully saturated rings. The minimum absolute atomic E-state index is 0.316. The Hall–Kier alpha value is -1.13. The predicted octanol–water partition coefficient (Wildman–Crippen LogP) is 1.85. The molecular formula is C16H24N2O2. The molecule has 20 heavy (non-hydrogen) atoms. The van der Waals surface area contributed by atoms with E-state index in [1.165, 1.54) is 6.42 Å². The van der Waals surface area contributed by atoms with Crippen molar-refractivity contribution in [2.45, 2.75) is 51.2 Å². The molecule has 0 saturated carbocycles. The van der Waals surface area contributed by atoms with Crippen molar-refractivity contribution in [1.82, 2.24) is 9.88 Å². The first-order valence-corrected chi connectivity index (χ1v) is 7.50. The molecule has 2 aliphatic rings. The molecule has 0 bridgehead atoms. The third-order valence-corrected chi connectivity index (χ3v) is 5.04. The maximum absolute atomic E-state index is 11.0. The topological polar surface area (TPSA) is 45.6 Å². The molecule has 2 unspecified atom stereocenters. The minimum Gasteiger partial charge on any atom is -0.496 e. The summed E-state index contributed by atoms with van der Waals surface area (Å²) in [7, 11) is 1.70. The van der Waals surface area contributed by atoms with Gasteiger partial charge in [0.1, 0.15) is 5.75 Å². The van der Waals surface area contributed by atoms with Gasteiger partial charge in [0, 0.05) is 42.0 Å². The number of nitrogens with zero attached hydrogens (tertiary/aromatic N) is 2. The standard InChI is InChI=1S/C16H24N2O2/c1-11-10-17-13(12(2)15(11)20-3)9-16(19)6-8-18-7-4-5-14(16)18/h10,14,19H,4-9H2,1-3H3. The fraction of sp³-hybridized carbons (Fsp3) is 0.688. The lowest BCUT2D eigenvalue weighted by Gasteiger charge is -2.30. The largest absolute Gasteiger partial charge is 0.496 e. The van der Waals surface area contributed by atoms with E-state index in [-0.39, 0.29) is 0 Å². The molecule has 0 spiro atoms. The average Bonchev–Trinajstić information content (AvgIpc) is 2.99. The van der Waals surface area contributed by atoms with Crippen molar-refractivity contribution in [2.75, 3.05) is 20.2 Å². The number of pyridine rings is 1. The quantitative estimate of drug-likeness (QED) is 0.915. The van der Waals surface area contributed by atoms with Crippen LogP contribution in [0.3, 0.4) is 0 Å². The highest BCUT2D eigenvalue weighted by molar-refractivity contribution is 5.41. The fourth-order valence-electron chi connectivity index (χ4n) is 3.95. The summed E-state index contributed by atoms with van der Waals surface area (Å²) in [4.78, 5) is 6.98. The van der Waals surface area contributed by atoms with Crippen LogP contribution in [0.25, 0.3) is 0 Å². The summed E-state index contributed by atoms with van der Waals surface area (Å²) in [5.74, 6) is 0.903. The number of hydrogen-bond donors (Lipinski definition) is 1. The summed E-state index contributed by atoms with van der Waals surface area (Å²) in [5, 5.41) is 11.0. The normalized spacial score (nSPS) is 29.7. The first kappa shape index (κ1) is 13.8. The van der Waals surface area contributed by atoms with Gasteiger partial charge in [-0.1, -0.05) is 0 Å². The van der Waals surface area contributed by atoms with E-state index in [0.29, 0.717) is 12.5 Å². The van der Waals surface area contributed by atoms with Gasteiger partial charge in [-0.25, -0.2) is 0 Å². The first-order chi connectivity index (χ1) is 9.55. The van der Waals surface area contributed by atoms with Crippen LogP contribution < -0.4 is 4.74 Å². The summed E-state index contributed by atoms with van der Waals surface area (Å²) < 4.78 is 5.47. The number of hydrogen-bond acceptors (Lipinski definition) is 4. The van der Waals surface area contributed by atoms with Gasteiger partial charge in [0.15, 0.2) is 0 Å². The Bertz CT molecular complexity index is 517. The smallest absolute Gasteiger partial charge is 0.128 e. The number of fused-ring (bicyclic) bond motifs is 1. The fourth-order valence-corrected chi connectivity index (χ4v) is 3.95. The molecule has 0 radical (unpaired) electrons. The van der Waals surface area contributed by atoms with Crippen molar-refractivity contribution in [2.24, 2.45) is 0 Å². The predicted molar refractivity (Wildman–Crippen MR) is 78.1 cm³/mol. The average molecular weight is 276 g/mol. The van der Waals surface area contributed by atoms with Gasteiger partial charge in [-0.15, -0.1) is 0 Å². The Labute approximate surface area is 120 Å². The van der Waals surface area contributed by atoms with Crippen molar-refractivity contribution in [3.63, 3.8) is 0 Å². The third-order valence-electron chi connectivity index (χ3n) is 5.04. The Morgan fingerprint density at radius 1 is 1.45 bits per heavy atom. The van der Waals surface area contributed by atoms with Gasteiger partial charge < -0.3 is 9.84 Å². The number of ether oxygens (including phenoxy) is 1. The van der Waals surface area contributed by atoms with Crippen molar-refractivity contribution in [1.29, 1.82) is 0 Å². The molecule has 110 valence electrons. The molecule has 0 amide bonds. The molecule has 2 saturated heterocycles. The monoisotopic (exact) mass is 276 g/mol. The van der Waals surface area contributed by atoms with Crippen molar-refractivity contribution >= 4 is 0 Å². The molecule has 4 nitrogen and oxygen atoms in total. The minimum atomic E-state index is -0.617. The van der Waals surface area contributed by atoms with Crippen LogP contribution in [0.15, 0.2) is 6.20 Å². The zero-order chi connectivity index (χ0) is 14.3. The molecule has 1 aromatic rings. The summed E-state index contributed by atoms with van der Waals surface area (Å²) in [6.07, 6.45) is 5.66. The number of methoxy groups -OCH3 is 1. The lowest BCUT2D eigenvalue weighted by atomic mass is 9.86. The van der Waals surface area contributed by atoms with E-state index in [1.54, 1.807) is 7.11 Å². The van der Waals surface area contributed by atoms with Crippen LogP contribution in [0.4, 0.5) is 0 Å². The number of aryl methyl sites for hydroxylation is 1. The molecule has 3 rings (SSSR count). The maximum atomic E-state index is 11.0. The van der Waals surface area contributed by atoms with Crippen LogP contribution in [0.1, 0.15) is 36.1 Å². The lowest BCUT2D eigenvalue weighted by Crippen LogP contribution is -2.43. The zero-order valence-electron chi connectivity index (χ0n) is 12.6. The first-order valence-electron chi connectivity index (χ1n) is 7.50. The highest BCUT2D eigenvalue weighted by Gasteiger charge is 2.48. The van der Waals surface area contributed by atoms with E-state index in [1.807, 2.05) is 20.0 Å². The Kier molecular flexibility index (Phi) is 3.46. The molecule has 1 N–H and O–H groups in total. The van der Waals surface area contributed by atoms with Gasteiger partial charge in [0.2, 0.25) is 0 Å². The van der Waals surface area contributed by atoms with E-state index in [4.69, 9.17) is 4.74 Å².